The number of amides is 1. The summed E-state index contributed by atoms with van der Waals surface area (Å²) < 4.78 is 36.7. The van der Waals surface area contributed by atoms with Crippen molar-refractivity contribution in [3.63, 3.8) is 0 Å². The number of hydrogen-bond acceptors (Lipinski definition) is 7. The molecule has 1 saturated carbocycles. The monoisotopic (exact) mass is 385 g/mol. The zero-order valence-corrected chi connectivity index (χ0v) is 15.6. The van der Waals surface area contributed by atoms with Gasteiger partial charge in [0, 0.05) is 0 Å². The van der Waals surface area contributed by atoms with Crippen molar-refractivity contribution < 1.29 is 31.7 Å². The van der Waals surface area contributed by atoms with Crippen molar-refractivity contribution >= 4 is 22.2 Å². The fourth-order valence-corrected chi connectivity index (χ4v) is 3.21. The van der Waals surface area contributed by atoms with Gasteiger partial charge in [-0.05, 0) is 24.3 Å². The van der Waals surface area contributed by atoms with E-state index in [9.17, 15) is 18.0 Å². The van der Waals surface area contributed by atoms with Crippen LogP contribution in [0.2, 0.25) is 0 Å². The van der Waals surface area contributed by atoms with Gasteiger partial charge in [0.15, 0.2) is 0 Å². The van der Waals surface area contributed by atoms with Gasteiger partial charge in [0.25, 0.3) is 10.1 Å². The molecule has 9 heteroatoms. The lowest BCUT2D eigenvalue weighted by Crippen LogP contribution is -2.41. The van der Waals surface area contributed by atoms with Crippen LogP contribution in [0.4, 0.5) is 4.79 Å². The smallest absolute Gasteiger partial charge is 0.407 e. The number of nitrogens with one attached hydrogen (secondary N) is 1. The maximum absolute atomic E-state index is 12.1. The van der Waals surface area contributed by atoms with E-state index in [0.29, 0.717) is 12.8 Å². The number of rotatable bonds is 9. The molecule has 0 spiro atoms. The number of esters is 1. The Bertz CT molecular complexity index is 735. The maximum Gasteiger partial charge on any atom is 0.407 e. The highest BCUT2D eigenvalue weighted by atomic mass is 32.2. The molecule has 0 aliphatic heterocycles. The second kappa shape index (κ2) is 8.50. The predicted octanol–water partition coefficient (Wildman–Crippen LogP) is 1.60. The maximum atomic E-state index is 12.1. The first-order valence-electron chi connectivity index (χ1n) is 8.14. The number of carbonyl (C=O) groups is 2. The summed E-state index contributed by atoms with van der Waals surface area (Å²) in [7, 11) is -2.25. The van der Waals surface area contributed by atoms with Gasteiger partial charge in [0.1, 0.15) is 6.61 Å². The molecular weight excluding hydrogens is 362 g/mol. The van der Waals surface area contributed by atoms with Crippen LogP contribution in [-0.4, -0.2) is 46.0 Å². The minimum atomic E-state index is -3.52. The van der Waals surface area contributed by atoms with Gasteiger partial charge in [-0.3, -0.25) is 8.98 Å². The van der Waals surface area contributed by atoms with Crippen molar-refractivity contribution in [2.45, 2.75) is 31.4 Å². The van der Waals surface area contributed by atoms with E-state index in [-0.39, 0.29) is 25.6 Å². The van der Waals surface area contributed by atoms with Gasteiger partial charge in [0.05, 0.1) is 31.9 Å². The molecule has 2 atom stereocenters. The Labute approximate surface area is 152 Å². The number of ether oxygens (including phenoxy) is 2. The van der Waals surface area contributed by atoms with Crippen molar-refractivity contribution in [1.29, 1.82) is 0 Å². The van der Waals surface area contributed by atoms with Crippen LogP contribution in [0.25, 0.3) is 0 Å². The van der Waals surface area contributed by atoms with Gasteiger partial charge < -0.3 is 14.8 Å². The summed E-state index contributed by atoms with van der Waals surface area (Å²) in [5.41, 5.74) is 0.0559. The normalized spacial score (nSPS) is 21.7. The van der Waals surface area contributed by atoms with E-state index in [0.717, 1.165) is 11.8 Å². The van der Waals surface area contributed by atoms with Crippen molar-refractivity contribution in [3.05, 3.63) is 35.9 Å². The molecule has 1 N–H and O–H groups in total. The Morgan fingerprint density at radius 1 is 1.27 bits per heavy atom. The Morgan fingerprint density at radius 3 is 2.58 bits per heavy atom. The summed E-state index contributed by atoms with van der Waals surface area (Å²) in [6.07, 6.45) is 1.25. The third kappa shape index (κ3) is 6.30. The molecule has 144 valence electrons. The van der Waals surface area contributed by atoms with Crippen LogP contribution < -0.4 is 5.32 Å². The molecular formula is C17H23NO7S. The molecule has 1 aromatic rings. The molecule has 0 aromatic heterocycles. The lowest BCUT2D eigenvalue weighted by atomic mass is 10.1. The van der Waals surface area contributed by atoms with Crippen LogP contribution in [0.3, 0.4) is 0 Å². The van der Waals surface area contributed by atoms with Gasteiger partial charge in [0.2, 0.25) is 0 Å². The lowest BCUT2D eigenvalue weighted by Gasteiger charge is -2.18. The Morgan fingerprint density at radius 2 is 1.96 bits per heavy atom. The second-order valence-electron chi connectivity index (χ2n) is 6.31. The van der Waals surface area contributed by atoms with Gasteiger partial charge in [-0.2, -0.15) is 8.42 Å². The summed E-state index contributed by atoms with van der Waals surface area (Å²) in [4.78, 5) is 23.8. The number of benzene rings is 1. The number of methoxy groups -OCH3 is 1. The van der Waals surface area contributed by atoms with Crippen LogP contribution in [0.1, 0.15) is 24.8 Å². The molecule has 1 fully saturated rings. The lowest BCUT2D eigenvalue weighted by molar-refractivity contribution is -0.141. The van der Waals surface area contributed by atoms with E-state index in [1.165, 1.54) is 7.11 Å². The summed E-state index contributed by atoms with van der Waals surface area (Å²) in [6, 6.07) is 9.21. The second-order valence-corrected chi connectivity index (χ2v) is 7.96. The average molecular weight is 385 g/mol. The zero-order valence-electron chi connectivity index (χ0n) is 14.8. The van der Waals surface area contributed by atoms with E-state index in [2.05, 4.69) is 10.1 Å². The molecule has 1 aliphatic rings. The summed E-state index contributed by atoms with van der Waals surface area (Å²) >= 11 is 0. The first-order chi connectivity index (χ1) is 12.2. The highest BCUT2D eigenvalue weighted by molar-refractivity contribution is 7.85. The summed E-state index contributed by atoms with van der Waals surface area (Å²) in [6.45, 7) is 0.107. The Balaban J connectivity index is 1.89. The minimum absolute atomic E-state index is 0.00647. The van der Waals surface area contributed by atoms with E-state index in [1.807, 2.05) is 30.3 Å². The van der Waals surface area contributed by atoms with Crippen molar-refractivity contribution in [1.82, 2.24) is 5.32 Å². The standard InChI is InChI=1S/C17H23NO7S/c1-23-15(19)11-17(10-14(17)8-9-25-26(2,21)22)18-16(20)24-12-13-6-4-3-5-7-13/h3-7,14H,8-12H2,1-2H3,(H,18,20)/t14-,17+/m1/s1. The number of carbonyl (C=O) groups excluding carboxylic acids is 2. The fourth-order valence-electron chi connectivity index (χ4n) is 2.81. The predicted molar refractivity (Wildman–Crippen MR) is 92.6 cm³/mol. The van der Waals surface area contributed by atoms with Crippen LogP contribution in [0.5, 0.6) is 0 Å². The quantitative estimate of drug-likeness (QED) is 0.508. The Kier molecular flexibility index (Phi) is 6.60. The van der Waals surface area contributed by atoms with Crippen LogP contribution in [0, 0.1) is 5.92 Å². The molecule has 0 radical (unpaired) electrons. The summed E-state index contributed by atoms with van der Waals surface area (Å²) in [5.74, 6) is -0.549. The SMILES string of the molecule is COC(=O)C[C@@]1(NC(=O)OCc2ccccc2)C[C@H]1CCOS(C)(=O)=O. The van der Waals surface area contributed by atoms with E-state index >= 15 is 0 Å². The largest absolute Gasteiger partial charge is 0.469 e. The third-order valence-corrected chi connectivity index (χ3v) is 4.84. The van der Waals surface area contributed by atoms with Crippen LogP contribution in [0.15, 0.2) is 30.3 Å². The highest BCUT2D eigenvalue weighted by Crippen LogP contribution is 2.48. The molecule has 0 saturated heterocycles. The van der Waals surface area contributed by atoms with Gasteiger partial charge in [-0.1, -0.05) is 30.3 Å². The fraction of sp³-hybridized carbons (Fsp3) is 0.529. The first kappa shape index (κ1) is 20.2. The van der Waals surface area contributed by atoms with E-state index < -0.39 is 27.7 Å². The van der Waals surface area contributed by atoms with Gasteiger partial charge in [-0.25, -0.2) is 4.79 Å². The third-order valence-electron chi connectivity index (χ3n) is 4.25. The topological polar surface area (TPSA) is 108 Å². The number of alkyl carbamates (subject to hydrolysis) is 1. The first-order valence-corrected chi connectivity index (χ1v) is 9.96. The average Bonchev–Trinajstić information content (AvgIpc) is 3.24. The number of hydrogen-bond donors (Lipinski definition) is 1. The minimum Gasteiger partial charge on any atom is -0.469 e. The Hall–Kier alpha value is -2.13. The summed E-state index contributed by atoms with van der Waals surface area (Å²) in [5, 5.41) is 2.73. The van der Waals surface area contributed by atoms with E-state index in [4.69, 9.17) is 8.92 Å². The molecule has 1 aliphatic carbocycles. The molecule has 2 rings (SSSR count). The molecule has 0 unspecified atom stereocenters. The van der Waals surface area contributed by atoms with Gasteiger partial charge >= 0.3 is 12.1 Å². The van der Waals surface area contributed by atoms with Crippen LogP contribution in [-0.2, 0) is 35.2 Å². The molecule has 1 aromatic carbocycles. The molecule has 1 amide bonds. The molecule has 0 heterocycles. The van der Waals surface area contributed by atoms with Crippen molar-refractivity contribution in [2.75, 3.05) is 20.0 Å². The highest BCUT2D eigenvalue weighted by Gasteiger charge is 2.56. The van der Waals surface area contributed by atoms with Crippen molar-refractivity contribution in [2.24, 2.45) is 5.92 Å². The molecule has 8 nitrogen and oxygen atoms in total. The molecule has 26 heavy (non-hydrogen) atoms. The zero-order chi connectivity index (χ0) is 19.2. The van der Waals surface area contributed by atoms with Crippen LogP contribution >= 0.6 is 0 Å². The molecule has 0 bridgehead atoms. The van der Waals surface area contributed by atoms with Crippen molar-refractivity contribution in [3.8, 4) is 0 Å². The van der Waals surface area contributed by atoms with Gasteiger partial charge in [-0.15, -0.1) is 0 Å². The van der Waals surface area contributed by atoms with E-state index in [1.54, 1.807) is 0 Å².